The van der Waals surface area contributed by atoms with Gasteiger partial charge < -0.3 is 49.1 Å². The molecule has 1 aromatic carbocycles. The fourth-order valence-electron chi connectivity index (χ4n) is 7.27. The minimum atomic E-state index is -0.248. The highest BCUT2D eigenvalue weighted by Crippen LogP contribution is 2.14. The van der Waals surface area contributed by atoms with Gasteiger partial charge in [-0.3, -0.25) is 14.4 Å². The molecule has 12 nitrogen and oxygen atoms in total. The molecule has 0 aliphatic rings. The molecule has 0 aliphatic heterocycles. The van der Waals surface area contributed by atoms with Crippen molar-refractivity contribution in [3.05, 3.63) is 34.9 Å². The number of hydrogen-bond acceptors (Lipinski definition) is 9. The van der Waals surface area contributed by atoms with Crippen LogP contribution in [0.3, 0.4) is 0 Å². The zero-order valence-electron chi connectivity index (χ0n) is 38.3. The summed E-state index contributed by atoms with van der Waals surface area (Å²) in [6.45, 7) is 10.4. The molecule has 3 amide bonds. The van der Waals surface area contributed by atoms with Gasteiger partial charge in [-0.1, -0.05) is 96.3 Å². The van der Waals surface area contributed by atoms with Crippen LogP contribution in [0.2, 0.25) is 0 Å². The summed E-state index contributed by atoms with van der Waals surface area (Å²) in [5.74, 6) is -0.743. The molecule has 0 radical (unpaired) electrons. The van der Waals surface area contributed by atoms with Crippen LogP contribution in [0.5, 0.6) is 0 Å². The molecule has 0 aliphatic carbocycles. The molecule has 0 saturated heterocycles. The number of rotatable bonds is 45. The highest BCUT2D eigenvalue weighted by atomic mass is 16.2. The van der Waals surface area contributed by atoms with Crippen molar-refractivity contribution < 1.29 is 14.4 Å². The van der Waals surface area contributed by atoms with E-state index in [0.717, 1.165) is 155 Å². The fraction of sp³-hybridized carbons (Fsp3) is 0.812. The van der Waals surface area contributed by atoms with Gasteiger partial charge in [-0.05, 0) is 154 Å². The van der Waals surface area contributed by atoms with E-state index >= 15 is 0 Å². The third kappa shape index (κ3) is 34.0. The second-order valence-corrected chi connectivity index (χ2v) is 16.7. The van der Waals surface area contributed by atoms with Gasteiger partial charge in [0.15, 0.2) is 0 Å². The predicted molar refractivity (Wildman–Crippen MR) is 254 cm³/mol. The third-order valence-corrected chi connectivity index (χ3v) is 11.1. The average molecular weight is 844 g/mol. The molecular formula is C48H93N9O3. The first-order valence-electron chi connectivity index (χ1n) is 24.8. The quantitative estimate of drug-likeness (QED) is 0.0309. The van der Waals surface area contributed by atoms with Crippen molar-refractivity contribution in [2.45, 2.75) is 173 Å². The Kier molecular flexibility index (Phi) is 39.8. The van der Waals surface area contributed by atoms with E-state index < -0.39 is 0 Å². The van der Waals surface area contributed by atoms with Crippen molar-refractivity contribution in [1.82, 2.24) is 31.9 Å². The van der Waals surface area contributed by atoms with Crippen LogP contribution in [-0.4, -0.2) is 96.3 Å². The summed E-state index contributed by atoms with van der Waals surface area (Å²) >= 11 is 0. The SMILES string of the molecule is NCCCCNCCCCCCCCCNC(=O)c1cc(C(=O)NCCCCCCCCCNCCCCN)cc(C(=O)NCCCCCCCCCNCCCCN)c1. The van der Waals surface area contributed by atoms with E-state index in [9.17, 15) is 14.4 Å². The van der Waals surface area contributed by atoms with Gasteiger partial charge in [-0.2, -0.15) is 0 Å². The molecule has 0 spiro atoms. The predicted octanol–water partition coefficient (Wildman–Crippen LogP) is 7.05. The molecule has 60 heavy (non-hydrogen) atoms. The van der Waals surface area contributed by atoms with Crippen molar-refractivity contribution in [2.75, 3.05) is 78.5 Å². The second-order valence-electron chi connectivity index (χ2n) is 16.7. The summed E-state index contributed by atoms with van der Waals surface area (Å²) in [7, 11) is 0. The first-order chi connectivity index (χ1) is 29.5. The standard InChI is InChI=1S/C48H93N9O3/c49-28-16-25-34-52-31-19-10-4-1-7-13-22-37-55-46(58)43-40-44(47(59)56-38-23-14-8-2-5-11-20-32-53-35-26-17-29-50)42-45(41-43)48(60)57-39-24-15-9-3-6-12-21-33-54-36-27-18-30-51/h40-42,52-54H,1-39,49-51H2,(H,55,58)(H,56,59)(H,57,60). The van der Waals surface area contributed by atoms with Crippen molar-refractivity contribution in [2.24, 2.45) is 17.2 Å². The number of unbranched alkanes of at least 4 members (excludes halogenated alkanes) is 21. The Morgan fingerprint density at radius 3 is 0.683 bits per heavy atom. The number of nitrogens with one attached hydrogen (secondary N) is 6. The molecule has 348 valence electrons. The van der Waals surface area contributed by atoms with Crippen molar-refractivity contribution in [3.63, 3.8) is 0 Å². The molecule has 0 saturated carbocycles. The number of amides is 3. The van der Waals surface area contributed by atoms with Gasteiger partial charge in [0, 0.05) is 36.3 Å². The Labute approximate surface area is 367 Å². The van der Waals surface area contributed by atoms with Crippen LogP contribution in [0.4, 0.5) is 0 Å². The third-order valence-electron chi connectivity index (χ3n) is 11.1. The van der Waals surface area contributed by atoms with E-state index in [1.807, 2.05) is 0 Å². The minimum Gasteiger partial charge on any atom is -0.352 e. The van der Waals surface area contributed by atoms with E-state index in [2.05, 4.69) is 31.9 Å². The zero-order chi connectivity index (χ0) is 43.4. The van der Waals surface area contributed by atoms with Crippen LogP contribution in [-0.2, 0) is 0 Å². The summed E-state index contributed by atoms with van der Waals surface area (Å²) in [6.07, 6.45) is 30.8. The van der Waals surface area contributed by atoms with Gasteiger partial charge in [0.1, 0.15) is 0 Å². The first-order valence-corrected chi connectivity index (χ1v) is 24.8. The Bertz CT molecular complexity index is 1010. The van der Waals surface area contributed by atoms with Crippen molar-refractivity contribution in [3.8, 4) is 0 Å². The van der Waals surface area contributed by atoms with Crippen LogP contribution in [0.15, 0.2) is 18.2 Å². The normalized spacial score (nSPS) is 11.2. The number of benzene rings is 1. The highest BCUT2D eigenvalue weighted by molar-refractivity contribution is 6.04. The number of carbonyl (C=O) groups is 3. The molecule has 12 N–H and O–H groups in total. The van der Waals surface area contributed by atoms with E-state index in [1.54, 1.807) is 18.2 Å². The second kappa shape index (κ2) is 43.1. The number of carbonyl (C=O) groups excluding carboxylic acids is 3. The molecule has 1 aromatic rings. The average Bonchev–Trinajstić information content (AvgIpc) is 3.26. The maximum Gasteiger partial charge on any atom is 0.251 e. The van der Waals surface area contributed by atoms with Gasteiger partial charge in [0.05, 0.1) is 0 Å². The summed E-state index contributed by atoms with van der Waals surface area (Å²) in [5, 5.41) is 19.6. The molecule has 0 atom stereocenters. The summed E-state index contributed by atoms with van der Waals surface area (Å²) in [5.41, 5.74) is 17.7. The summed E-state index contributed by atoms with van der Waals surface area (Å²) < 4.78 is 0. The van der Waals surface area contributed by atoms with Crippen LogP contribution in [0.25, 0.3) is 0 Å². The van der Waals surface area contributed by atoms with Crippen molar-refractivity contribution in [1.29, 1.82) is 0 Å². The van der Waals surface area contributed by atoms with Gasteiger partial charge in [0.25, 0.3) is 17.7 Å². The molecular weight excluding hydrogens is 751 g/mol. The van der Waals surface area contributed by atoms with Gasteiger partial charge >= 0.3 is 0 Å². The van der Waals surface area contributed by atoms with Crippen LogP contribution in [0, 0.1) is 0 Å². The molecule has 0 fully saturated rings. The largest absolute Gasteiger partial charge is 0.352 e. The molecule has 12 heteroatoms. The lowest BCUT2D eigenvalue weighted by Gasteiger charge is -2.12. The van der Waals surface area contributed by atoms with E-state index in [-0.39, 0.29) is 17.7 Å². The molecule has 0 aromatic heterocycles. The van der Waals surface area contributed by atoms with Gasteiger partial charge in [-0.25, -0.2) is 0 Å². The lowest BCUT2D eigenvalue weighted by molar-refractivity contribution is 0.0952. The molecule has 0 bridgehead atoms. The molecule has 0 unspecified atom stereocenters. The highest BCUT2D eigenvalue weighted by Gasteiger charge is 2.16. The molecule has 0 heterocycles. The Morgan fingerprint density at radius 2 is 0.467 bits per heavy atom. The maximum absolute atomic E-state index is 13.3. The Hall–Kier alpha value is -2.61. The number of hydrogen-bond donors (Lipinski definition) is 9. The van der Waals surface area contributed by atoms with Gasteiger partial charge in [0.2, 0.25) is 0 Å². The Morgan fingerprint density at radius 1 is 0.283 bits per heavy atom. The smallest absolute Gasteiger partial charge is 0.251 e. The van der Waals surface area contributed by atoms with E-state index in [1.165, 1.54) is 77.0 Å². The fourth-order valence-corrected chi connectivity index (χ4v) is 7.27. The topological polar surface area (TPSA) is 201 Å². The van der Waals surface area contributed by atoms with Crippen LogP contribution < -0.4 is 49.1 Å². The molecule has 1 rings (SSSR count). The lowest BCUT2D eigenvalue weighted by Crippen LogP contribution is -2.29. The lowest BCUT2D eigenvalue weighted by atomic mass is 10.0. The Balaban J connectivity index is 2.48. The zero-order valence-corrected chi connectivity index (χ0v) is 38.3. The van der Waals surface area contributed by atoms with Gasteiger partial charge in [-0.15, -0.1) is 0 Å². The summed E-state index contributed by atoms with van der Waals surface area (Å²) in [4.78, 5) is 39.9. The van der Waals surface area contributed by atoms with E-state index in [4.69, 9.17) is 17.2 Å². The minimum absolute atomic E-state index is 0.248. The van der Waals surface area contributed by atoms with E-state index in [0.29, 0.717) is 36.3 Å². The summed E-state index contributed by atoms with van der Waals surface area (Å²) in [6, 6.07) is 4.87. The van der Waals surface area contributed by atoms with Crippen LogP contribution in [0.1, 0.15) is 204 Å². The monoisotopic (exact) mass is 844 g/mol. The van der Waals surface area contributed by atoms with Crippen molar-refractivity contribution >= 4 is 17.7 Å². The number of nitrogens with two attached hydrogens (primary N) is 3. The van der Waals surface area contributed by atoms with Crippen LogP contribution >= 0.6 is 0 Å². The first kappa shape index (κ1) is 55.4. The maximum atomic E-state index is 13.3.